The first-order valence-electron chi connectivity index (χ1n) is 8.34. The molecular weight excluding hydrogens is 262 g/mol. The van der Waals surface area contributed by atoms with Crippen LogP contribution >= 0.6 is 0 Å². The summed E-state index contributed by atoms with van der Waals surface area (Å²) < 4.78 is 0. The minimum absolute atomic E-state index is 0.444. The molecule has 1 heterocycles. The number of nitrogens with zero attached hydrogens (tertiary/aromatic N) is 1. The average molecular weight is 287 g/mol. The molecule has 0 amide bonds. The Hall–Kier alpha value is -1.35. The maximum Gasteiger partial charge on any atom is 0.325 e. The van der Waals surface area contributed by atoms with E-state index in [1.807, 2.05) is 18.2 Å². The van der Waals surface area contributed by atoms with Crippen LogP contribution in [0.15, 0.2) is 24.3 Å². The molecule has 21 heavy (non-hydrogen) atoms. The van der Waals surface area contributed by atoms with Crippen LogP contribution in [-0.4, -0.2) is 28.6 Å². The van der Waals surface area contributed by atoms with Crippen LogP contribution in [0, 0.1) is 0 Å². The van der Waals surface area contributed by atoms with E-state index in [1.165, 1.54) is 37.7 Å². The highest BCUT2D eigenvalue weighted by Gasteiger charge is 2.36. The molecule has 1 unspecified atom stereocenters. The van der Waals surface area contributed by atoms with Gasteiger partial charge in [0.15, 0.2) is 0 Å². The van der Waals surface area contributed by atoms with Crippen LogP contribution in [0.25, 0.3) is 0 Å². The van der Waals surface area contributed by atoms with Gasteiger partial charge in [-0.15, -0.1) is 0 Å². The Bertz CT molecular complexity index is 492. The van der Waals surface area contributed by atoms with Crippen LogP contribution in [-0.2, 0) is 11.2 Å². The SMILES string of the molecule is O=C(O)C1c2ccccc2CCN1C1CCCCCCC1. The molecule has 1 N–H and O–H groups in total. The van der Waals surface area contributed by atoms with Gasteiger partial charge in [0.05, 0.1) is 0 Å². The molecule has 0 aromatic heterocycles. The number of carboxylic acids is 1. The van der Waals surface area contributed by atoms with Gasteiger partial charge >= 0.3 is 5.97 Å². The van der Waals surface area contributed by atoms with Crippen molar-refractivity contribution < 1.29 is 9.90 Å². The number of carbonyl (C=O) groups is 1. The summed E-state index contributed by atoms with van der Waals surface area (Å²) in [6.07, 6.45) is 9.74. The van der Waals surface area contributed by atoms with E-state index in [9.17, 15) is 9.90 Å². The van der Waals surface area contributed by atoms with Crippen molar-refractivity contribution >= 4 is 5.97 Å². The molecule has 1 saturated carbocycles. The highest BCUT2D eigenvalue weighted by Crippen LogP contribution is 2.34. The van der Waals surface area contributed by atoms with Crippen molar-refractivity contribution in [3.8, 4) is 0 Å². The Morgan fingerprint density at radius 1 is 1.05 bits per heavy atom. The van der Waals surface area contributed by atoms with Gasteiger partial charge in [-0.05, 0) is 30.4 Å². The Morgan fingerprint density at radius 2 is 1.71 bits per heavy atom. The molecule has 3 heteroatoms. The van der Waals surface area contributed by atoms with Gasteiger partial charge in [-0.2, -0.15) is 0 Å². The molecule has 3 nitrogen and oxygen atoms in total. The zero-order valence-corrected chi connectivity index (χ0v) is 12.6. The summed E-state index contributed by atoms with van der Waals surface area (Å²) in [7, 11) is 0. The monoisotopic (exact) mass is 287 g/mol. The Morgan fingerprint density at radius 3 is 2.43 bits per heavy atom. The third-order valence-corrected chi connectivity index (χ3v) is 5.10. The number of fused-ring (bicyclic) bond motifs is 1. The quantitative estimate of drug-likeness (QED) is 0.900. The van der Waals surface area contributed by atoms with Crippen molar-refractivity contribution in [1.29, 1.82) is 0 Å². The summed E-state index contributed by atoms with van der Waals surface area (Å²) in [5.74, 6) is -0.691. The van der Waals surface area contributed by atoms with Crippen LogP contribution in [0.1, 0.15) is 62.1 Å². The number of hydrogen-bond acceptors (Lipinski definition) is 2. The predicted molar refractivity (Wildman–Crippen MR) is 83.3 cm³/mol. The van der Waals surface area contributed by atoms with Gasteiger partial charge in [0.1, 0.15) is 6.04 Å². The molecule has 1 aliphatic carbocycles. The van der Waals surface area contributed by atoms with E-state index in [0.29, 0.717) is 6.04 Å². The lowest BCUT2D eigenvalue weighted by atomic mass is 9.88. The number of carboxylic acid groups (broad SMARTS) is 1. The van der Waals surface area contributed by atoms with Crippen LogP contribution < -0.4 is 0 Å². The van der Waals surface area contributed by atoms with E-state index >= 15 is 0 Å². The molecular formula is C18H25NO2. The molecule has 3 rings (SSSR count). The topological polar surface area (TPSA) is 40.5 Å². The number of rotatable bonds is 2. The highest BCUT2D eigenvalue weighted by molar-refractivity contribution is 5.76. The van der Waals surface area contributed by atoms with Crippen molar-refractivity contribution in [2.75, 3.05) is 6.54 Å². The first kappa shape index (κ1) is 14.6. The largest absolute Gasteiger partial charge is 0.480 e. The van der Waals surface area contributed by atoms with Gasteiger partial charge in [-0.3, -0.25) is 9.69 Å². The lowest BCUT2D eigenvalue weighted by molar-refractivity contribution is -0.145. The molecule has 0 radical (unpaired) electrons. The first-order valence-corrected chi connectivity index (χ1v) is 8.34. The van der Waals surface area contributed by atoms with E-state index in [2.05, 4.69) is 11.0 Å². The van der Waals surface area contributed by atoms with E-state index in [1.54, 1.807) is 0 Å². The zero-order valence-electron chi connectivity index (χ0n) is 12.6. The van der Waals surface area contributed by atoms with Crippen molar-refractivity contribution in [2.24, 2.45) is 0 Å². The van der Waals surface area contributed by atoms with Crippen LogP contribution in [0.4, 0.5) is 0 Å². The van der Waals surface area contributed by atoms with Crippen molar-refractivity contribution in [3.63, 3.8) is 0 Å². The van der Waals surface area contributed by atoms with E-state index in [-0.39, 0.29) is 0 Å². The van der Waals surface area contributed by atoms with Gasteiger partial charge in [0.2, 0.25) is 0 Å². The van der Waals surface area contributed by atoms with Crippen molar-refractivity contribution in [2.45, 2.75) is 63.5 Å². The van der Waals surface area contributed by atoms with E-state index < -0.39 is 12.0 Å². The number of aliphatic carboxylic acids is 1. The molecule has 1 aromatic rings. The number of benzene rings is 1. The Labute approximate surface area is 127 Å². The van der Waals surface area contributed by atoms with Gasteiger partial charge in [0, 0.05) is 12.6 Å². The second-order valence-corrected chi connectivity index (χ2v) is 6.43. The molecule has 0 spiro atoms. The predicted octanol–water partition coefficient (Wildman–Crippen LogP) is 3.78. The van der Waals surface area contributed by atoms with Crippen molar-refractivity contribution in [1.82, 2.24) is 4.90 Å². The summed E-state index contributed by atoms with van der Waals surface area (Å²) in [4.78, 5) is 14.2. The molecule has 0 bridgehead atoms. The summed E-state index contributed by atoms with van der Waals surface area (Å²) in [6.45, 7) is 0.888. The Kier molecular flexibility index (Phi) is 4.59. The molecule has 1 aromatic carbocycles. The molecule has 1 fully saturated rings. The fourth-order valence-electron chi connectivity index (χ4n) is 4.02. The summed E-state index contributed by atoms with van der Waals surface area (Å²) in [6, 6.07) is 8.07. The fourth-order valence-corrected chi connectivity index (χ4v) is 4.02. The van der Waals surface area contributed by atoms with Crippen LogP contribution in [0.5, 0.6) is 0 Å². The second kappa shape index (κ2) is 6.61. The van der Waals surface area contributed by atoms with Gasteiger partial charge in [0.25, 0.3) is 0 Å². The summed E-state index contributed by atoms with van der Waals surface area (Å²) >= 11 is 0. The van der Waals surface area contributed by atoms with Gasteiger partial charge in [-0.25, -0.2) is 0 Å². The standard InChI is InChI=1S/C18H25NO2/c20-18(21)17-16-11-7-6-8-14(16)12-13-19(17)15-9-4-2-1-3-5-10-15/h6-8,11,15,17H,1-5,9-10,12-13H2,(H,20,21). The molecule has 0 saturated heterocycles. The molecule has 1 atom stereocenters. The minimum atomic E-state index is -0.691. The Balaban J connectivity index is 1.85. The molecule has 114 valence electrons. The first-order chi connectivity index (χ1) is 10.3. The second-order valence-electron chi connectivity index (χ2n) is 6.43. The fraction of sp³-hybridized carbons (Fsp3) is 0.611. The van der Waals surface area contributed by atoms with Gasteiger partial charge < -0.3 is 5.11 Å². The van der Waals surface area contributed by atoms with Gasteiger partial charge in [-0.1, -0.05) is 56.4 Å². The molecule has 2 aliphatic rings. The lowest BCUT2D eigenvalue weighted by Crippen LogP contribution is -2.46. The third kappa shape index (κ3) is 3.13. The van der Waals surface area contributed by atoms with E-state index in [4.69, 9.17) is 0 Å². The van der Waals surface area contributed by atoms with Crippen molar-refractivity contribution in [3.05, 3.63) is 35.4 Å². The van der Waals surface area contributed by atoms with Crippen LogP contribution in [0.3, 0.4) is 0 Å². The van der Waals surface area contributed by atoms with Crippen LogP contribution in [0.2, 0.25) is 0 Å². The normalized spacial score (nSPS) is 24.9. The highest BCUT2D eigenvalue weighted by atomic mass is 16.4. The lowest BCUT2D eigenvalue weighted by Gasteiger charge is -2.41. The maximum atomic E-state index is 11.9. The molecule has 1 aliphatic heterocycles. The summed E-state index contributed by atoms with van der Waals surface area (Å²) in [5.41, 5.74) is 2.23. The maximum absolute atomic E-state index is 11.9. The zero-order chi connectivity index (χ0) is 14.7. The smallest absolute Gasteiger partial charge is 0.325 e. The number of hydrogen-bond donors (Lipinski definition) is 1. The van der Waals surface area contributed by atoms with E-state index in [0.717, 1.165) is 31.4 Å². The third-order valence-electron chi connectivity index (χ3n) is 5.10. The summed E-state index contributed by atoms with van der Waals surface area (Å²) in [5, 5.41) is 9.77. The average Bonchev–Trinajstić information content (AvgIpc) is 2.45. The minimum Gasteiger partial charge on any atom is -0.480 e.